The lowest BCUT2D eigenvalue weighted by Crippen LogP contribution is -2.35. The van der Waals surface area contributed by atoms with Crippen molar-refractivity contribution in [3.8, 4) is 0 Å². The molecule has 2 aromatic carbocycles. The normalized spacial score (nSPS) is 26.2. The molecule has 2 aromatic rings. The van der Waals surface area contributed by atoms with E-state index in [1.807, 2.05) is 0 Å². The smallest absolute Gasteiger partial charge is 0.00954 e. The van der Waals surface area contributed by atoms with Crippen molar-refractivity contribution in [2.75, 3.05) is 14.1 Å². The summed E-state index contributed by atoms with van der Waals surface area (Å²) in [6.07, 6.45) is 5.04. The lowest BCUT2D eigenvalue weighted by molar-refractivity contribution is 0.198. The Morgan fingerprint density at radius 2 is 1.65 bits per heavy atom. The number of hydrogen-bond donors (Lipinski definition) is 0. The highest BCUT2D eigenvalue weighted by Crippen LogP contribution is 2.49. The third-order valence-electron chi connectivity index (χ3n) is 6.09. The molecule has 3 atom stereocenters. The Bertz CT molecular complexity index is 716. The van der Waals surface area contributed by atoms with Crippen molar-refractivity contribution in [3.63, 3.8) is 0 Å². The molecular formula is C22H27N. The molecule has 23 heavy (non-hydrogen) atoms. The van der Waals surface area contributed by atoms with Crippen LogP contribution in [0.15, 0.2) is 42.5 Å². The average molecular weight is 305 g/mol. The Balaban J connectivity index is 1.85. The fourth-order valence-corrected chi connectivity index (χ4v) is 4.82. The first kappa shape index (κ1) is 15.0. The Morgan fingerprint density at radius 3 is 2.48 bits per heavy atom. The van der Waals surface area contributed by atoms with Crippen LogP contribution in [0.5, 0.6) is 0 Å². The van der Waals surface area contributed by atoms with E-state index in [0.29, 0.717) is 11.8 Å². The van der Waals surface area contributed by atoms with Gasteiger partial charge < -0.3 is 4.90 Å². The van der Waals surface area contributed by atoms with Crippen LogP contribution in [-0.2, 0) is 6.42 Å². The first-order valence-electron chi connectivity index (χ1n) is 8.97. The van der Waals surface area contributed by atoms with Crippen LogP contribution in [0.1, 0.15) is 58.9 Å². The molecule has 0 aliphatic heterocycles. The summed E-state index contributed by atoms with van der Waals surface area (Å²) >= 11 is 0. The van der Waals surface area contributed by atoms with Crippen LogP contribution in [0.25, 0.3) is 0 Å². The summed E-state index contributed by atoms with van der Waals surface area (Å²) in [6.45, 7) is 2.24. The van der Waals surface area contributed by atoms with Crippen LogP contribution in [-0.4, -0.2) is 25.0 Å². The molecule has 3 unspecified atom stereocenters. The van der Waals surface area contributed by atoms with E-state index in [4.69, 9.17) is 0 Å². The van der Waals surface area contributed by atoms with E-state index in [1.54, 1.807) is 22.3 Å². The van der Waals surface area contributed by atoms with Gasteiger partial charge in [-0.3, -0.25) is 0 Å². The number of benzene rings is 2. The molecule has 0 N–H and O–H groups in total. The van der Waals surface area contributed by atoms with E-state index in [-0.39, 0.29) is 0 Å². The summed E-state index contributed by atoms with van der Waals surface area (Å²) in [5.74, 6) is 1.38. The van der Waals surface area contributed by atoms with Crippen LogP contribution in [0.3, 0.4) is 0 Å². The summed E-state index contributed by atoms with van der Waals surface area (Å²) in [7, 11) is 4.49. The van der Waals surface area contributed by atoms with Gasteiger partial charge in [0, 0.05) is 6.04 Å². The van der Waals surface area contributed by atoms with Gasteiger partial charge in [0.1, 0.15) is 0 Å². The molecule has 1 saturated carbocycles. The maximum absolute atomic E-state index is 2.47. The predicted molar refractivity (Wildman–Crippen MR) is 97.2 cm³/mol. The Hall–Kier alpha value is -1.60. The quantitative estimate of drug-likeness (QED) is 0.726. The van der Waals surface area contributed by atoms with Gasteiger partial charge in [-0.1, -0.05) is 48.0 Å². The third-order valence-corrected chi connectivity index (χ3v) is 6.09. The van der Waals surface area contributed by atoms with Gasteiger partial charge in [-0.15, -0.1) is 0 Å². The third kappa shape index (κ3) is 2.61. The molecule has 0 amide bonds. The molecule has 4 rings (SSSR count). The summed E-state index contributed by atoms with van der Waals surface area (Å²) < 4.78 is 0. The molecule has 120 valence electrons. The fraction of sp³-hybridized carbons (Fsp3) is 0.455. The minimum atomic E-state index is 0.676. The second-order valence-corrected chi connectivity index (χ2v) is 7.72. The number of nitrogens with zero attached hydrogens (tertiary/aromatic N) is 1. The minimum absolute atomic E-state index is 0.676. The van der Waals surface area contributed by atoms with E-state index in [9.17, 15) is 0 Å². The highest BCUT2D eigenvalue weighted by atomic mass is 15.1. The molecule has 0 heterocycles. The Kier molecular flexibility index (Phi) is 3.77. The van der Waals surface area contributed by atoms with Crippen molar-refractivity contribution in [2.24, 2.45) is 0 Å². The highest BCUT2D eigenvalue weighted by molar-refractivity contribution is 5.46. The number of fused-ring (bicyclic) bond motifs is 5. The van der Waals surface area contributed by atoms with Crippen molar-refractivity contribution in [3.05, 3.63) is 70.3 Å². The van der Waals surface area contributed by atoms with Gasteiger partial charge >= 0.3 is 0 Å². The summed E-state index contributed by atoms with van der Waals surface area (Å²) in [5.41, 5.74) is 7.74. The van der Waals surface area contributed by atoms with Gasteiger partial charge in [0.2, 0.25) is 0 Å². The Morgan fingerprint density at radius 1 is 0.870 bits per heavy atom. The number of hydrogen-bond acceptors (Lipinski definition) is 1. The van der Waals surface area contributed by atoms with Gasteiger partial charge in [0.25, 0.3) is 0 Å². The zero-order valence-corrected chi connectivity index (χ0v) is 14.5. The van der Waals surface area contributed by atoms with E-state index in [0.717, 1.165) is 12.5 Å². The maximum atomic E-state index is 2.47. The molecule has 0 aromatic heterocycles. The highest BCUT2D eigenvalue weighted by Gasteiger charge is 2.37. The van der Waals surface area contributed by atoms with Crippen molar-refractivity contribution in [1.82, 2.24) is 4.90 Å². The van der Waals surface area contributed by atoms with Gasteiger partial charge in [-0.25, -0.2) is 0 Å². The Labute approximate surface area is 140 Å². The van der Waals surface area contributed by atoms with Crippen molar-refractivity contribution in [1.29, 1.82) is 0 Å². The van der Waals surface area contributed by atoms with Crippen LogP contribution in [0.4, 0.5) is 0 Å². The van der Waals surface area contributed by atoms with E-state index >= 15 is 0 Å². The molecule has 0 bridgehead atoms. The summed E-state index contributed by atoms with van der Waals surface area (Å²) in [6, 6.07) is 17.0. The van der Waals surface area contributed by atoms with Crippen molar-refractivity contribution in [2.45, 2.75) is 50.5 Å². The zero-order valence-electron chi connectivity index (χ0n) is 14.5. The fourth-order valence-electron chi connectivity index (χ4n) is 4.82. The molecular weight excluding hydrogens is 278 g/mol. The second-order valence-electron chi connectivity index (χ2n) is 7.72. The maximum Gasteiger partial charge on any atom is 0.00954 e. The molecule has 0 radical (unpaired) electrons. The monoisotopic (exact) mass is 305 g/mol. The standard InChI is InChI=1S/C22H27N/c1-15-8-9-17-13-16-6-4-5-7-19(16)20-11-10-18(23(2)3)14-22(20)21(17)12-15/h4-9,12,18,20,22H,10-11,13-14H2,1-3H3. The first-order chi connectivity index (χ1) is 11.1. The molecule has 2 aliphatic carbocycles. The van der Waals surface area contributed by atoms with Crippen molar-refractivity contribution < 1.29 is 0 Å². The van der Waals surface area contributed by atoms with Gasteiger partial charge in [-0.05, 0) is 80.8 Å². The largest absolute Gasteiger partial charge is 0.306 e. The minimum Gasteiger partial charge on any atom is -0.306 e. The first-order valence-corrected chi connectivity index (χ1v) is 8.97. The van der Waals surface area contributed by atoms with E-state index in [1.165, 1.54) is 24.8 Å². The number of rotatable bonds is 1. The van der Waals surface area contributed by atoms with Crippen LogP contribution >= 0.6 is 0 Å². The van der Waals surface area contributed by atoms with Gasteiger partial charge in [0.05, 0.1) is 0 Å². The summed E-state index contributed by atoms with van der Waals surface area (Å²) in [5, 5.41) is 0. The van der Waals surface area contributed by atoms with E-state index in [2.05, 4.69) is 68.4 Å². The lowest BCUT2D eigenvalue weighted by atomic mass is 9.70. The van der Waals surface area contributed by atoms with E-state index < -0.39 is 0 Å². The average Bonchev–Trinajstić information content (AvgIpc) is 2.69. The topological polar surface area (TPSA) is 3.24 Å². The SMILES string of the molecule is Cc1ccc2c(c1)C1CC(N(C)C)CCC1c1ccccc1C2. The molecule has 1 fully saturated rings. The molecule has 1 nitrogen and oxygen atoms in total. The molecule has 2 aliphatic rings. The molecule has 1 heteroatoms. The van der Waals surface area contributed by atoms with Gasteiger partial charge in [-0.2, -0.15) is 0 Å². The predicted octanol–water partition coefficient (Wildman–Crippen LogP) is 4.88. The van der Waals surface area contributed by atoms with Crippen molar-refractivity contribution >= 4 is 0 Å². The molecule has 0 spiro atoms. The van der Waals surface area contributed by atoms with Crippen LogP contribution in [0, 0.1) is 6.92 Å². The molecule has 0 saturated heterocycles. The lowest BCUT2D eigenvalue weighted by Gasteiger charge is -2.39. The zero-order chi connectivity index (χ0) is 16.0. The number of aryl methyl sites for hydroxylation is 1. The second kappa shape index (κ2) is 5.79. The van der Waals surface area contributed by atoms with Crippen LogP contribution < -0.4 is 0 Å². The summed E-state index contributed by atoms with van der Waals surface area (Å²) in [4.78, 5) is 2.43. The van der Waals surface area contributed by atoms with Gasteiger partial charge in [0.15, 0.2) is 0 Å². The van der Waals surface area contributed by atoms with Crippen LogP contribution in [0.2, 0.25) is 0 Å².